The summed E-state index contributed by atoms with van der Waals surface area (Å²) in [6.07, 6.45) is 0.759. The van der Waals surface area contributed by atoms with Crippen LogP contribution in [0.4, 0.5) is 4.39 Å². The van der Waals surface area contributed by atoms with E-state index in [9.17, 15) is 9.18 Å². The lowest BCUT2D eigenvalue weighted by atomic mass is 10.1. The minimum absolute atomic E-state index is 0.215. The van der Waals surface area contributed by atoms with Gasteiger partial charge in [0.05, 0.1) is 0 Å². The van der Waals surface area contributed by atoms with Crippen LogP contribution in [0.1, 0.15) is 10.4 Å². The van der Waals surface area contributed by atoms with E-state index in [0.29, 0.717) is 22.6 Å². The van der Waals surface area contributed by atoms with E-state index in [1.165, 1.54) is 6.07 Å². The Morgan fingerprint density at radius 2 is 1.89 bits per heavy atom. The van der Waals surface area contributed by atoms with E-state index in [2.05, 4.69) is 4.98 Å². The van der Waals surface area contributed by atoms with Crippen LogP contribution in [0.3, 0.4) is 0 Å². The molecule has 0 atom stereocenters. The topological polar surface area (TPSA) is 43.1 Å². The summed E-state index contributed by atoms with van der Waals surface area (Å²) in [5.74, 6) is -0.0699. The normalized spacial score (nSPS) is 10.7. The number of aldehydes is 1. The van der Waals surface area contributed by atoms with Crippen molar-refractivity contribution in [2.45, 2.75) is 0 Å². The van der Waals surface area contributed by atoms with Crippen molar-refractivity contribution in [1.29, 1.82) is 0 Å². The average molecular weight is 241 g/mol. The van der Waals surface area contributed by atoms with Crippen LogP contribution >= 0.6 is 0 Å². The van der Waals surface area contributed by atoms with Gasteiger partial charge in [-0.2, -0.15) is 0 Å². The summed E-state index contributed by atoms with van der Waals surface area (Å²) in [5.41, 5.74) is 1.90. The van der Waals surface area contributed by atoms with E-state index in [0.717, 1.165) is 6.29 Å². The molecule has 1 aromatic heterocycles. The summed E-state index contributed by atoms with van der Waals surface area (Å²) in [5, 5.41) is 0. The van der Waals surface area contributed by atoms with E-state index >= 15 is 0 Å². The standard InChI is InChI=1S/C14H8FNO2/c15-11-2-1-3-12-13(11)16-14(18-12)10-6-4-9(8-17)5-7-10/h1-8H. The second-order valence-electron chi connectivity index (χ2n) is 3.85. The van der Waals surface area contributed by atoms with Gasteiger partial charge in [0.15, 0.2) is 11.4 Å². The van der Waals surface area contributed by atoms with Crippen molar-refractivity contribution in [2.75, 3.05) is 0 Å². The molecular weight excluding hydrogens is 233 g/mol. The van der Waals surface area contributed by atoms with E-state index in [1.54, 1.807) is 36.4 Å². The number of oxazole rings is 1. The van der Waals surface area contributed by atoms with Crippen LogP contribution in [0.5, 0.6) is 0 Å². The Hall–Kier alpha value is -2.49. The van der Waals surface area contributed by atoms with Crippen molar-refractivity contribution in [2.24, 2.45) is 0 Å². The van der Waals surface area contributed by atoms with Gasteiger partial charge in [-0.25, -0.2) is 9.37 Å². The van der Waals surface area contributed by atoms with Crippen molar-refractivity contribution < 1.29 is 13.6 Å². The molecule has 0 fully saturated rings. The van der Waals surface area contributed by atoms with Crippen LogP contribution < -0.4 is 0 Å². The Labute approximate surface area is 102 Å². The molecule has 0 unspecified atom stereocenters. The number of nitrogens with zero attached hydrogens (tertiary/aromatic N) is 1. The largest absolute Gasteiger partial charge is 0.436 e. The summed E-state index contributed by atoms with van der Waals surface area (Å²) in [4.78, 5) is 14.7. The monoisotopic (exact) mass is 241 g/mol. The smallest absolute Gasteiger partial charge is 0.227 e. The fourth-order valence-corrected chi connectivity index (χ4v) is 1.74. The van der Waals surface area contributed by atoms with Gasteiger partial charge in [0, 0.05) is 11.1 Å². The first kappa shape index (κ1) is 10.7. The van der Waals surface area contributed by atoms with Crippen LogP contribution in [0.2, 0.25) is 0 Å². The molecule has 4 heteroatoms. The summed E-state index contributed by atoms with van der Waals surface area (Å²) >= 11 is 0. The first-order chi connectivity index (χ1) is 8.78. The Bertz CT molecular complexity index is 716. The quantitative estimate of drug-likeness (QED) is 0.645. The highest BCUT2D eigenvalue weighted by atomic mass is 19.1. The maximum atomic E-state index is 13.5. The molecule has 0 N–H and O–H groups in total. The Morgan fingerprint density at radius 1 is 1.11 bits per heavy atom. The minimum Gasteiger partial charge on any atom is -0.436 e. The lowest BCUT2D eigenvalue weighted by Gasteiger charge is -1.94. The number of carbonyl (C=O) groups is 1. The Balaban J connectivity index is 2.13. The molecule has 3 aromatic rings. The molecule has 0 radical (unpaired) electrons. The molecular formula is C14H8FNO2. The maximum absolute atomic E-state index is 13.5. The average Bonchev–Trinajstić information content (AvgIpc) is 2.84. The molecule has 0 bridgehead atoms. The molecule has 0 amide bonds. The first-order valence-electron chi connectivity index (χ1n) is 5.38. The van der Waals surface area contributed by atoms with Gasteiger partial charge in [-0.1, -0.05) is 18.2 Å². The van der Waals surface area contributed by atoms with E-state index < -0.39 is 5.82 Å². The highest BCUT2D eigenvalue weighted by Gasteiger charge is 2.10. The predicted molar refractivity (Wildman–Crippen MR) is 64.8 cm³/mol. The molecule has 0 aliphatic rings. The van der Waals surface area contributed by atoms with Crippen LogP contribution in [-0.2, 0) is 0 Å². The second kappa shape index (κ2) is 4.07. The molecule has 3 nitrogen and oxygen atoms in total. The number of fused-ring (bicyclic) bond motifs is 1. The van der Waals surface area contributed by atoms with Crippen LogP contribution in [0.25, 0.3) is 22.6 Å². The second-order valence-corrected chi connectivity index (χ2v) is 3.85. The van der Waals surface area contributed by atoms with Gasteiger partial charge >= 0.3 is 0 Å². The Kier molecular flexibility index (Phi) is 2.41. The number of hydrogen-bond donors (Lipinski definition) is 0. The minimum atomic E-state index is -0.410. The van der Waals surface area contributed by atoms with Gasteiger partial charge in [-0.15, -0.1) is 0 Å². The highest BCUT2D eigenvalue weighted by Crippen LogP contribution is 2.25. The fraction of sp³-hybridized carbons (Fsp3) is 0. The molecule has 18 heavy (non-hydrogen) atoms. The highest BCUT2D eigenvalue weighted by molar-refractivity contribution is 5.78. The lowest BCUT2D eigenvalue weighted by molar-refractivity contribution is 0.112. The molecule has 2 aromatic carbocycles. The van der Waals surface area contributed by atoms with Gasteiger partial charge in [0.25, 0.3) is 0 Å². The van der Waals surface area contributed by atoms with Gasteiger partial charge in [-0.3, -0.25) is 4.79 Å². The zero-order valence-corrected chi connectivity index (χ0v) is 9.26. The zero-order chi connectivity index (χ0) is 12.5. The number of benzene rings is 2. The third-order valence-corrected chi connectivity index (χ3v) is 2.66. The zero-order valence-electron chi connectivity index (χ0n) is 9.26. The number of aromatic nitrogens is 1. The van der Waals surface area contributed by atoms with Crippen molar-refractivity contribution in [3.8, 4) is 11.5 Å². The molecule has 88 valence electrons. The number of hydrogen-bond acceptors (Lipinski definition) is 3. The maximum Gasteiger partial charge on any atom is 0.227 e. The Morgan fingerprint density at radius 3 is 2.56 bits per heavy atom. The fourth-order valence-electron chi connectivity index (χ4n) is 1.74. The third-order valence-electron chi connectivity index (χ3n) is 2.66. The number of halogens is 1. The first-order valence-corrected chi connectivity index (χ1v) is 5.38. The van der Waals surface area contributed by atoms with Crippen LogP contribution in [0, 0.1) is 5.82 Å². The van der Waals surface area contributed by atoms with Crippen molar-refractivity contribution >= 4 is 17.4 Å². The molecule has 0 saturated carbocycles. The molecule has 0 aliphatic carbocycles. The van der Waals surface area contributed by atoms with Crippen molar-refractivity contribution in [3.05, 3.63) is 53.8 Å². The third kappa shape index (κ3) is 1.68. The lowest BCUT2D eigenvalue weighted by Crippen LogP contribution is -1.81. The van der Waals surface area contributed by atoms with Crippen molar-refractivity contribution in [1.82, 2.24) is 4.98 Å². The van der Waals surface area contributed by atoms with E-state index in [4.69, 9.17) is 4.42 Å². The molecule has 1 heterocycles. The molecule has 0 saturated heterocycles. The molecule has 3 rings (SSSR count). The van der Waals surface area contributed by atoms with Crippen LogP contribution in [-0.4, -0.2) is 11.3 Å². The summed E-state index contributed by atoms with van der Waals surface area (Å²) in [6, 6.07) is 11.3. The van der Waals surface area contributed by atoms with Crippen molar-refractivity contribution in [3.63, 3.8) is 0 Å². The number of carbonyl (C=O) groups excluding carboxylic acids is 1. The van der Waals surface area contributed by atoms with Gasteiger partial charge in [0.1, 0.15) is 11.8 Å². The molecule has 0 spiro atoms. The van der Waals surface area contributed by atoms with Gasteiger partial charge in [-0.05, 0) is 24.3 Å². The van der Waals surface area contributed by atoms with Gasteiger partial charge < -0.3 is 4.42 Å². The van der Waals surface area contributed by atoms with E-state index in [1.807, 2.05) is 0 Å². The molecule has 0 aliphatic heterocycles. The van der Waals surface area contributed by atoms with E-state index in [-0.39, 0.29) is 5.52 Å². The number of rotatable bonds is 2. The predicted octanol–water partition coefficient (Wildman–Crippen LogP) is 3.45. The SMILES string of the molecule is O=Cc1ccc(-c2nc3c(F)cccc3o2)cc1. The number of para-hydroxylation sites is 1. The summed E-state index contributed by atoms with van der Waals surface area (Å²) in [6.45, 7) is 0. The summed E-state index contributed by atoms with van der Waals surface area (Å²) < 4.78 is 18.9. The summed E-state index contributed by atoms with van der Waals surface area (Å²) in [7, 11) is 0. The van der Waals surface area contributed by atoms with Gasteiger partial charge in [0.2, 0.25) is 5.89 Å². The van der Waals surface area contributed by atoms with Crippen LogP contribution in [0.15, 0.2) is 46.9 Å².